The van der Waals surface area contributed by atoms with Gasteiger partial charge in [0, 0.05) is 38.3 Å². The van der Waals surface area contributed by atoms with Gasteiger partial charge in [-0.05, 0) is 37.6 Å². The third-order valence-electron chi connectivity index (χ3n) is 6.53. The van der Waals surface area contributed by atoms with E-state index in [0.29, 0.717) is 36.4 Å². The van der Waals surface area contributed by atoms with Gasteiger partial charge in [0.05, 0.1) is 23.4 Å². The summed E-state index contributed by atoms with van der Waals surface area (Å²) >= 11 is 0. The topological polar surface area (TPSA) is 99.3 Å². The fraction of sp³-hybridized carbons (Fsp3) is 0.308. The molecule has 0 bridgehead atoms. The minimum absolute atomic E-state index is 0.0495. The lowest BCUT2D eigenvalue weighted by atomic mass is 10.0. The van der Waals surface area contributed by atoms with Crippen molar-refractivity contribution in [3.63, 3.8) is 0 Å². The van der Waals surface area contributed by atoms with Gasteiger partial charge in [0.15, 0.2) is 0 Å². The second-order valence-corrected chi connectivity index (χ2v) is 8.56. The molecule has 0 spiro atoms. The van der Waals surface area contributed by atoms with Crippen LogP contribution in [-0.2, 0) is 6.42 Å². The number of hydrogen-bond donors (Lipinski definition) is 1. The number of amides is 2. The summed E-state index contributed by atoms with van der Waals surface area (Å²) in [4.78, 5) is 53.1. The zero-order valence-corrected chi connectivity index (χ0v) is 19.5. The Morgan fingerprint density at radius 3 is 2.11 bits per heavy atom. The average molecular weight is 475 g/mol. The minimum atomic E-state index is -0.563. The summed E-state index contributed by atoms with van der Waals surface area (Å²) in [5, 5.41) is 1.92. The zero-order chi connectivity index (χ0) is 24.5. The van der Waals surface area contributed by atoms with E-state index in [0.717, 1.165) is 29.4 Å². The van der Waals surface area contributed by atoms with Crippen LogP contribution in [0.5, 0.6) is 5.75 Å². The first-order chi connectivity index (χ1) is 17.0. The Kier molecular flexibility index (Phi) is 6.08. The Hall–Kier alpha value is -3.98. The molecule has 0 atom stereocenters. The number of nitrogens with zero attached hydrogens (tertiary/aromatic N) is 3. The van der Waals surface area contributed by atoms with Gasteiger partial charge in [-0.3, -0.25) is 24.1 Å². The summed E-state index contributed by atoms with van der Waals surface area (Å²) in [5.41, 5.74) is 4.33. The smallest absolute Gasteiger partial charge is 0.261 e. The van der Waals surface area contributed by atoms with Crippen LogP contribution in [0.4, 0.5) is 11.4 Å². The standard InChI is InChI=1S/C26H26N4O5/c1-2-35-21-10-6-5-9-20(21)28-13-15-29(16-14-28)27-22-19(23(31)24(22)32)11-12-30-25(33)17-7-3-4-8-18(17)26(30)34/h3-10,27H,2,11-16H2,1H3. The molecular formula is C26H26N4O5. The molecule has 2 aliphatic heterocycles. The summed E-state index contributed by atoms with van der Waals surface area (Å²) in [6, 6.07) is 14.6. The molecule has 1 fully saturated rings. The van der Waals surface area contributed by atoms with Crippen LogP contribution in [0.2, 0.25) is 0 Å². The van der Waals surface area contributed by atoms with E-state index in [9.17, 15) is 19.2 Å². The molecule has 5 rings (SSSR count). The highest BCUT2D eigenvalue weighted by molar-refractivity contribution is 6.21. The number of nitrogens with one attached hydrogen (secondary N) is 1. The molecule has 1 saturated heterocycles. The number of fused-ring (bicyclic) bond motifs is 1. The summed E-state index contributed by atoms with van der Waals surface area (Å²) in [5.74, 6) is 0.0962. The van der Waals surface area contributed by atoms with Crippen LogP contribution in [0.3, 0.4) is 0 Å². The Morgan fingerprint density at radius 2 is 1.46 bits per heavy atom. The molecule has 1 N–H and O–H groups in total. The summed E-state index contributed by atoms with van der Waals surface area (Å²) in [6.07, 6.45) is 0.139. The van der Waals surface area contributed by atoms with Gasteiger partial charge in [-0.2, -0.15) is 0 Å². The van der Waals surface area contributed by atoms with Crippen LogP contribution >= 0.6 is 0 Å². The molecule has 3 aromatic carbocycles. The van der Waals surface area contributed by atoms with Crippen molar-refractivity contribution in [3.05, 3.63) is 85.7 Å². The van der Waals surface area contributed by atoms with Crippen LogP contribution < -0.4 is 25.9 Å². The Bertz CT molecular complexity index is 1320. The number of rotatable bonds is 8. The molecule has 2 heterocycles. The number of ether oxygens (including phenoxy) is 1. The molecule has 2 amide bonds. The Morgan fingerprint density at radius 1 is 0.829 bits per heavy atom. The Labute approximate surface area is 202 Å². The quantitative estimate of drug-likeness (QED) is 0.389. The minimum Gasteiger partial charge on any atom is -0.492 e. The number of benzene rings is 2. The number of anilines is 2. The van der Waals surface area contributed by atoms with Crippen molar-refractivity contribution in [2.24, 2.45) is 0 Å². The van der Waals surface area contributed by atoms with Crippen LogP contribution in [0.1, 0.15) is 33.2 Å². The van der Waals surface area contributed by atoms with Crippen LogP contribution in [-0.4, -0.2) is 61.1 Å². The van der Waals surface area contributed by atoms with E-state index in [1.165, 1.54) is 0 Å². The molecule has 0 aromatic heterocycles. The summed E-state index contributed by atoms with van der Waals surface area (Å²) < 4.78 is 5.74. The van der Waals surface area contributed by atoms with E-state index in [1.54, 1.807) is 24.3 Å². The SMILES string of the molecule is CCOc1ccccc1N1CCN(Nc2c(CCN3C(=O)c4ccccc4C3=O)c(=O)c2=O)CC1. The first-order valence-corrected chi connectivity index (χ1v) is 11.8. The van der Waals surface area contributed by atoms with Gasteiger partial charge in [0.1, 0.15) is 11.4 Å². The molecule has 9 heteroatoms. The van der Waals surface area contributed by atoms with Crippen molar-refractivity contribution in [3.8, 4) is 5.75 Å². The van der Waals surface area contributed by atoms with Gasteiger partial charge < -0.3 is 15.1 Å². The fourth-order valence-corrected chi connectivity index (χ4v) is 4.67. The lowest BCUT2D eigenvalue weighted by molar-refractivity contribution is 0.0656. The maximum atomic E-state index is 12.6. The van der Waals surface area contributed by atoms with Gasteiger partial charge >= 0.3 is 0 Å². The van der Waals surface area contributed by atoms with Gasteiger partial charge in [-0.15, -0.1) is 0 Å². The maximum Gasteiger partial charge on any atom is 0.261 e. The van der Waals surface area contributed by atoms with E-state index in [1.807, 2.05) is 36.2 Å². The number of carbonyl (C=O) groups is 2. The monoisotopic (exact) mass is 474 g/mol. The normalized spacial score (nSPS) is 16.1. The lowest BCUT2D eigenvalue weighted by Crippen LogP contribution is -2.51. The predicted molar refractivity (Wildman–Crippen MR) is 132 cm³/mol. The van der Waals surface area contributed by atoms with Crippen molar-refractivity contribution in [1.82, 2.24) is 9.91 Å². The molecule has 9 nitrogen and oxygen atoms in total. The molecule has 0 saturated carbocycles. The van der Waals surface area contributed by atoms with E-state index in [2.05, 4.69) is 10.3 Å². The molecule has 3 aromatic rings. The summed E-state index contributed by atoms with van der Waals surface area (Å²) in [6.45, 7) is 5.30. The highest BCUT2D eigenvalue weighted by atomic mass is 16.5. The zero-order valence-electron chi connectivity index (χ0n) is 19.5. The van der Waals surface area contributed by atoms with E-state index in [-0.39, 0.29) is 30.5 Å². The maximum absolute atomic E-state index is 12.6. The van der Waals surface area contributed by atoms with Crippen molar-refractivity contribution in [2.45, 2.75) is 13.3 Å². The van der Waals surface area contributed by atoms with Gasteiger partial charge in [0.2, 0.25) is 5.43 Å². The van der Waals surface area contributed by atoms with E-state index >= 15 is 0 Å². The highest BCUT2D eigenvalue weighted by Crippen LogP contribution is 2.29. The molecule has 2 aliphatic rings. The summed E-state index contributed by atoms with van der Waals surface area (Å²) in [7, 11) is 0. The first-order valence-electron chi connectivity index (χ1n) is 11.8. The van der Waals surface area contributed by atoms with Crippen LogP contribution in [0.25, 0.3) is 0 Å². The van der Waals surface area contributed by atoms with E-state index < -0.39 is 10.9 Å². The number of imide groups is 1. The molecule has 0 unspecified atom stereocenters. The van der Waals surface area contributed by atoms with Crippen LogP contribution in [0, 0.1) is 0 Å². The van der Waals surface area contributed by atoms with E-state index in [4.69, 9.17) is 4.74 Å². The highest BCUT2D eigenvalue weighted by Gasteiger charge is 2.35. The molecule has 180 valence electrons. The van der Waals surface area contributed by atoms with Crippen molar-refractivity contribution in [1.29, 1.82) is 0 Å². The second kappa shape index (κ2) is 9.34. The van der Waals surface area contributed by atoms with Crippen LogP contribution in [0.15, 0.2) is 58.1 Å². The average Bonchev–Trinajstić information content (AvgIpc) is 3.13. The third-order valence-corrected chi connectivity index (χ3v) is 6.53. The van der Waals surface area contributed by atoms with Crippen molar-refractivity contribution in [2.75, 3.05) is 49.7 Å². The molecular weight excluding hydrogens is 448 g/mol. The number of carbonyl (C=O) groups excluding carboxylic acids is 2. The number of hydrogen-bond acceptors (Lipinski definition) is 8. The van der Waals surface area contributed by atoms with Crippen molar-refractivity contribution >= 4 is 23.2 Å². The molecule has 35 heavy (non-hydrogen) atoms. The second-order valence-electron chi connectivity index (χ2n) is 8.56. The number of piperazine rings is 1. The van der Waals surface area contributed by atoms with Gasteiger partial charge in [-0.25, -0.2) is 5.01 Å². The number of hydrazine groups is 1. The Balaban J connectivity index is 1.21. The van der Waals surface area contributed by atoms with Gasteiger partial charge in [0.25, 0.3) is 17.2 Å². The number of para-hydroxylation sites is 2. The first kappa shape index (κ1) is 22.8. The predicted octanol–water partition coefficient (Wildman–Crippen LogP) is 1.67. The third kappa shape index (κ3) is 4.08. The largest absolute Gasteiger partial charge is 0.492 e. The molecule has 0 radical (unpaired) electrons. The van der Waals surface area contributed by atoms with Crippen molar-refractivity contribution < 1.29 is 14.3 Å². The van der Waals surface area contributed by atoms with Gasteiger partial charge in [-0.1, -0.05) is 24.3 Å². The lowest BCUT2D eigenvalue weighted by Gasteiger charge is -2.37. The fourth-order valence-electron chi connectivity index (χ4n) is 4.67. The molecule has 0 aliphatic carbocycles.